The summed E-state index contributed by atoms with van der Waals surface area (Å²) in [4.78, 5) is 4.59. The summed E-state index contributed by atoms with van der Waals surface area (Å²) >= 11 is 0. The zero-order valence-corrected chi connectivity index (χ0v) is 12.1. The molecule has 1 aliphatic heterocycles. The topological polar surface area (TPSA) is 51.0 Å². The fraction of sp³-hybridized carbons (Fsp3) is 0.467. The minimum atomic E-state index is 0. The Balaban J connectivity index is 0.00000121. The van der Waals surface area contributed by atoms with Crippen molar-refractivity contribution >= 4 is 18.1 Å². The lowest BCUT2D eigenvalue weighted by Gasteiger charge is -2.01. The summed E-state index contributed by atoms with van der Waals surface area (Å²) < 4.78 is 5.44. The molecule has 0 atom stereocenters. The molecule has 2 aliphatic rings. The summed E-state index contributed by atoms with van der Waals surface area (Å²) in [5.41, 5.74) is 3.62. The summed E-state index contributed by atoms with van der Waals surface area (Å²) in [6.45, 7) is 1.02. The highest BCUT2D eigenvalue weighted by Crippen LogP contribution is 2.34. The van der Waals surface area contributed by atoms with Crippen molar-refractivity contribution in [1.82, 2.24) is 10.1 Å². The van der Waals surface area contributed by atoms with Gasteiger partial charge < -0.3 is 9.84 Å². The molecule has 4 rings (SSSR count). The third kappa shape index (κ3) is 2.29. The minimum Gasteiger partial charge on any atom is -0.384 e. The van der Waals surface area contributed by atoms with Gasteiger partial charge in [-0.25, -0.2) is 0 Å². The predicted octanol–water partition coefficient (Wildman–Crippen LogP) is 3.78. The van der Waals surface area contributed by atoms with Gasteiger partial charge in [0.1, 0.15) is 0 Å². The van der Waals surface area contributed by atoms with E-state index in [9.17, 15) is 0 Å². The molecular weight excluding hydrogens is 274 g/mol. The number of nitrogens with one attached hydrogen (secondary N) is 1. The lowest BCUT2D eigenvalue weighted by atomic mass is 10.1. The van der Waals surface area contributed by atoms with E-state index in [1.165, 1.54) is 36.9 Å². The molecular formula is C15H18ClN3O. The number of halogens is 1. The molecule has 20 heavy (non-hydrogen) atoms. The number of nitrogens with zero attached hydrogens (tertiary/aromatic N) is 2. The monoisotopic (exact) mass is 291 g/mol. The molecule has 0 amide bonds. The first-order chi connectivity index (χ1) is 9.40. The smallest absolute Gasteiger partial charge is 0.257 e. The Hall–Kier alpha value is -1.55. The van der Waals surface area contributed by atoms with Crippen molar-refractivity contribution in [3.63, 3.8) is 0 Å². The number of fused-ring (bicyclic) bond motifs is 1. The van der Waals surface area contributed by atoms with Crippen LogP contribution >= 0.6 is 12.4 Å². The second kappa shape index (κ2) is 5.44. The lowest BCUT2D eigenvalue weighted by Crippen LogP contribution is -1.94. The van der Waals surface area contributed by atoms with Crippen molar-refractivity contribution in [3.05, 3.63) is 29.6 Å². The van der Waals surface area contributed by atoms with E-state index in [0.29, 0.717) is 11.8 Å². The van der Waals surface area contributed by atoms with Gasteiger partial charge in [-0.3, -0.25) is 0 Å². The van der Waals surface area contributed by atoms with Crippen LogP contribution < -0.4 is 5.32 Å². The Labute approximate surface area is 124 Å². The van der Waals surface area contributed by atoms with Crippen LogP contribution in [0.1, 0.15) is 43.0 Å². The summed E-state index contributed by atoms with van der Waals surface area (Å²) in [6.07, 6.45) is 6.06. The maximum atomic E-state index is 5.44. The molecule has 4 nitrogen and oxygen atoms in total. The largest absolute Gasteiger partial charge is 0.384 e. The fourth-order valence-electron chi connectivity index (χ4n) is 3.14. The fourth-order valence-corrected chi connectivity index (χ4v) is 3.14. The van der Waals surface area contributed by atoms with Gasteiger partial charge >= 0.3 is 0 Å². The van der Waals surface area contributed by atoms with Crippen LogP contribution in [0.2, 0.25) is 0 Å². The average Bonchev–Trinajstić information content (AvgIpc) is 3.18. The molecule has 1 N–H and O–H groups in total. The van der Waals surface area contributed by atoms with Crippen LogP contribution in [-0.2, 0) is 6.42 Å². The van der Waals surface area contributed by atoms with Gasteiger partial charge in [-0.2, -0.15) is 4.98 Å². The van der Waals surface area contributed by atoms with E-state index in [2.05, 4.69) is 33.7 Å². The average molecular weight is 292 g/mol. The number of rotatable bonds is 2. The van der Waals surface area contributed by atoms with E-state index in [0.717, 1.165) is 24.4 Å². The number of aromatic nitrogens is 2. The molecule has 1 aromatic carbocycles. The third-order valence-electron chi connectivity index (χ3n) is 4.22. The Morgan fingerprint density at radius 3 is 2.90 bits per heavy atom. The molecule has 2 aromatic rings. The SMILES string of the molecule is Cl.c1cc2c(cc1-c1nc(C3CCCC3)no1)CCN2. The second-order valence-electron chi connectivity index (χ2n) is 5.49. The lowest BCUT2D eigenvalue weighted by molar-refractivity contribution is 0.416. The molecule has 1 aromatic heterocycles. The van der Waals surface area contributed by atoms with E-state index in [1.807, 2.05) is 0 Å². The molecule has 1 fully saturated rings. The van der Waals surface area contributed by atoms with Crippen molar-refractivity contribution in [2.75, 3.05) is 11.9 Å². The highest BCUT2D eigenvalue weighted by molar-refractivity contribution is 5.85. The molecule has 0 saturated heterocycles. The van der Waals surface area contributed by atoms with Crippen molar-refractivity contribution in [1.29, 1.82) is 0 Å². The Kier molecular flexibility index (Phi) is 3.66. The number of anilines is 1. The summed E-state index contributed by atoms with van der Waals surface area (Å²) in [7, 11) is 0. The molecule has 0 unspecified atom stereocenters. The first-order valence-electron chi connectivity index (χ1n) is 7.11. The van der Waals surface area contributed by atoms with E-state index < -0.39 is 0 Å². The van der Waals surface area contributed by atoms with E-state index in [-0.39, 0.29) is 12.4 Å². The normalized spacial score (nSPS) is 17.6. The summed E-state index contributed by atoms with van der Waals surface area (Å²) in [5, 5.41) is 7.53. The first-order valence-corrected chi connectivity index (χ1v) is 7.11. The molecule has 2 heterocycles. The van der Waals surface area contributed by atoms with Crippen molar-refractivity contribution in [2.24, 2.45) is 0 Å². The maximum absolute atomic E-state index is 5.44. The number of hydrogen-bond donors (Lipinski definition) is 1. The van der Waals surface area contributed by atoms with Crippen LogP contribution in [0.4, 0.5) is 5.69 Å². The zero-order valence-electron chi connectivity index (χ0n) is 11.3. The molecule has 106 valence electrons. The summed E-state index contributed by atoms with van der Waals surface area (Å²) in [5.74, 6) is 2.07. The quantitative estimate of drug-likeness (QED) is 0.915. The zero-order chi connectivity index (χ0) is 12.7. The molecule has 1 aliphatic carbocycles. The molecule has 0 radical (unpaired) electrons. The summed E-state index contributed by atoms with van der Waals surface area (Å²) in [6, 6.07) is 6.33. The third-order valence-corrected chi connectivity index (χ3v) is 4.22. The Bertz CT molecular complexity index is 605. The number of benzene rings is 1. The predicted molar refractivity (Wildman–Crippen MR) is 80.4 cm³/mol. The van der Waals surface area contributed by atoms with Gasteiger partial charge in [-0.05, 0) is 43.0 Å². The standard InChI is InChI=1S/C15H17N3O.ClH/c1-2-4-10(3-1)14-17-15(19-18-14)12-5-6-13-11(9-12)7-8-16-13;/h5-6,9-10,16H,1-4,7-8H2;1H. The Morgan fingerprint density at radius 1 is 1.20 bits per heavy atom. The molecule has 5 heteroatoms. The van der Waals surface area contributed by atoms with Gasteiger partial charge in [0, 0.05) is 23.7 Å². The van der Waals surface area contributed by atoms with Crippen LogP contribution in [0.3, 0.4) is 0 Å². The second-order valence-corrected chi connectivity index (χ2v) is 5.49. The van der Waals surface area contributed by atoms with Crippen LogP contribution in [0.15, 0.2) is 22.7 Å². The maximum Gasteiger partial charge on any atom is 0.257 e. The van der Waals surface area contributed by atoms with Gasteiger partial charge in [0.05, 0.1) is 0 Å². The van der Waals surface area contributed by atoms with Crippen LogP contribution in [-0.4, -0.2) is 16.7 Å². The van der Waals surface area contributed by atoms with Crippen molar-refractivity contribution < 1.29 is 4.52 Å². The molecule has 0 spiro atoms. The van der Waals surface area contributed by atoms with E-state index in [4.69, 9.17) is 4.52 Å². The highest BCUT2D eigenvalue weighted by Gasteiger charge is 2.23. The Morgan fingerprint density at radius 2 is 2.05 bits per heavy atom. The van der Waals surface area contributed by atoms with Gasteiger partial charge in [-0.15, -0.1) is 12.4 Å². The van der Waals surface area contributed by atoms with Crippen LogP contribution in [0.25, 0.3) is 11.5 Å². The van der Waals surface area contributed by atoms with Crippen molar-refractivity contribution in [2.45, 2.75) is 38.0 Å². The minimum absolute atomic E-state index is 0. The van der Waals surface area contributed by atoms with Gasteiger partial charge in [0.2, 0.25) is 0 Å². The molecule has 1 saturated carbocycles. The van der Waals surface area contributed by atoms with Crippen LogP contribution in [0, 0.1) is 0 Å². The first kappa shape index (κ1) is 13.4. The van der Waals surface area contributed by atoms with Gasteiger partial charge in [0.15, 0.2) is 5.82 Å². The van der Waals surface area contributed by atoms with E-state index in [1.54, 1.807) is 0 Å². The van der Waals surface area contributed by atoms with Gasteiger partial charge in [0.25, 0.3) is 5.89 Å². The van der Waals surface area contributed by atoms with Gasteiger partial charge in [-0.1, -0.05) is 18.0 Å². The van der Waals surface area contributed by atoms with Crippen molar-refractivity contribution in [3.8, 4) is 11.5 Å². The van der Waals surface area contributed by atoms with Crippen LogP contribution in [0.5, 0.6) is 0 Å². The number of hydrogen-bond acceptors (Lipinski definition) is 4. The molecule has 0 bridgehead atoms. The van der Waals surface area contributed by atoms with E-state index >= 15 is 0 Å². The highest BCUT2D eigenvalue weighted by atomic mass is 35.5.